The summed E-state index contributed by atoms with van der Waals surface area (Å²) in [4.78, 5) is 9.14. The molecule has 0 saturated heterocycles. The van der Waals surface area contributed by atoms with E-state index in [2.05, 4.69) is 40.2 Å². The first-order valence-corrected chi connectivity index (χ1v) is 9.68. The van der Waals surface area contributed by atoms with E-state index in [1.807, 2.05) is 7.05 Å². The first-order chi connectivity index (χ1) is 11.7. The zero-order valence-electron chi connectivity index (χ0n) is 15.9. The van der Waals surface area contributed by atoms with E-state index < -0.39 is 0 Å². The van der Waals surface area contributed by atoms with E-state index in [4.69, 9.17) is 4.98 Å². The van der Waals surface area contributed by atoms with E-state index in [0.29, 0.717) is 6.04 Å². The van der Waals surface area contributed by atoms with Crippen LogP contribution >= 0.6 is 24.0 Å². The van der Waals surface area contributed by atoms with Crippen LogP contribution in [0.5, 0.6) is 0 Å². The van der Waals surface area contributed by atoms with Crippen molar-refractivity contribution in [3.05, 3.63) is 17.7 Å². The number of imidazole rings is 1. The number of nitrogens with zero attached hydrogens (tertiary/aromatic N) is 3. The molecule has 1 saturated carbocycles. The number of rotatable bonds is 4. The number of fused-ring (bicyclic) bond motifs is 1. The summed E-state index contributed by atoms with van der Waals surface area (Å²) in [7, 11) is 1.85. The highest BCUT2D eigenvalue weighted by molar-refractivity contribution is 14.0. The Morgan fingerprint density at radius 2 is 2.04 bits per heavy atom. The zero-order chi connectivity index (χ0) is 16.9. The minimum Gasteiger partial charge on any atom is -0.354 e. The molecule has 0 atom stereocenters. The average Bonchev–Trinajstić information content (AvgIpc) is 3.02. The second-order valence-corrected chi connectivity index (χ2v) is 7.72. The molecule has 3 rings (SSSR count). The highest BCUT2D eigenvalue weighted by Gasteiger charge is 2.23. The van der Waals surface area contributed by atoms with Crippen molar-refractivity contribution in [1.29, 1.82) is 0 Å². The van der Waals surface area contributed by atoms with Crippen molar-refractivity contribution in [2.75, 3.05) is 7.05 Å². The van der Waals surface area contributed by atoms with Gasteiger partial charge in [0.05, 0.1) is 12.2 Å². The molecule has 2 heterocycles. The summed E-state index contributed by atoms with van der Waals surface area (Å²) in [6, 6.07) is 0.557. The number of guanidine groups is 1. The number of hydrogen-bond donors (Lipinski definition) is 2. The zero-order valence-corrected chi connectivity index (χ0v) is 18.3. The molecule has 0 bridgehead atoms. The molecular weight excluding hydrogens is 425 g/mol. The van der Waals surface area contributed by atoms with Crippen LogP contribution in [0.2, 0.25) is 0 Å². The van der Waals surface area contributed by atoms with Gasteiger partial charge < -0.3 is 15.2 Å². The molecule has 142 valence electrons. The van der Waals surface area contributed by atoms with E-state index in [0.717, 1.165) is 43.0 Å². The fraction of sp³-hybridized carbons (Fsp3) is 0.789. The first-order valence-electron chi connectivity index (χ1n) is 9.68. The van der Waals surface area contributed by atoms with Crippen LogP contribution in [0.15, 0.2) is 11.2 Å². The molecule has 25 heavy (non-hydrogen) atoms. The summed E-state index contributed by atoms with van der Waals surface area (Å²) in [5, 5.41) is 7.04. The number of aromatic nitrogens is 2. The minimum absolute atomic E-state index is 0. The van der Waals surface area contributed by atoms with Gasteiger partial charge in [-0.1, -0.05) is 13.8 Å². The van der Waals surface area contributed by atoms with Gasteiger partial charge in [0.25, 0.3) is 0 Å². The molecule has 0 spiro atoms. The second-order valence-electron chi connectivity index (χ2n) is 7.72. The van der Waals surface area contributed by atoms with Crippen LogP contribution in [0.4, 0.5) is 0 Å². The van der Waals surface area contributed by atoms with Crippen LogP contribution in [0.3, 0.4) is 0 Å². The molecule has 1 fully saturated rings. The van der Waals surface area contributed by atoms with Crippen molar-refractivity contribution in [3.8, 4) is 0 Å². The summed E-state index contributed by atoms with van der Waals surface area (Å²) < 4.78 is 2.31. The van der Waals surface area contributed by atoms with E-state index in [9.17, 15) is 0 Å². The largest absolute Gasteiger partial charge is 0.354 e. The van der Waals surface area contributed by atoms with Gasteiger partial charge in [-0.3, -0.25) is 4.99 Å². The number of nitrogens with one attached hydrogen (secondary N) is 2. The van der Waals surface area contributed by atoms with Crippen molar-refractivity contribution in [2.24, 2.45) is 16.8 Å². The Morgan fingerprint density at radius 3 is 2.68 bits per heavy atom. The second kappa shape index (κ2) is 9.78. The fourth-order valence-corrected chi connectivity index (χ4v) is 4.05. The van der Waals surface area contributed by atoms with Crippen molar-refractivity contribution < 1.29 is 0 Å². The molecule has 1 aromatic rings. The van der Waals surface area contributed by atoms with Gasteiger partial charge in [0.1, 0.15) is 5.82 Å². The lowest BCUT2D eigenvalue weighted by Crippen LogP contribution is -2.44. The van der Waals surface area contributed by atoms with Crippen LogP contribution in [-0.2, 0) is 19.5 Å². The summed E-state index contributed by atoms with van der Waals surface area (Å²) in [6.45, 7) is 6.57. The molecule has 0 radical (unpaired) electrons. The molecule has 2 N–H and O–H groups in total. The molecule has 0 amide bonds. The predicted octanol–water partition coefficient (Wildman–Crippen LogP) is 3.72. The average molecular weight is 459 g/mol. The number of halogens is 1. The maximum Gasteiger partial charge on any atom is 0.191 e. The minimum atomic E-state index is 0. The molecule has 1 aliphatic heterocycles. The van der Waals surface area contributed by atoms with Crippen LogP contribution in [0, 0.1) is 11.8 Å². The standard InChI is InChI=1S/C19H33N5.HI/c1-14(2)15-7-9-16(10-8-15)23-19(20-3)21-12-17-13-24-11-5-4-6-18(24)22-17;/h13-16H,4-12H2,1-3H3,(H2,20,21,23);1H. The van der Waals surface area contributed by atoms with E-state index in [1.54, 1.807) is 0 Å². The smallest absolute Gasteiger partial charge is 0.191 e. The molecule has 1 aromatic heterocycles. The van der Waals surface area contributed by atoms with E-state index >= 15 is 0 Å². The Morgan fingerprint density at radius 1 is 1.28 bits per heavy atom. The molecule has 2 aliphatic rings. The molecule has 0 unspecified atom stereocenters. The fourth-order valence-electron chi connectivity index (χ4n) is 4.05. The lowest BCUT2D eigenvalue weighted by atomic mass is 9.80. The Bertz CT molecular complexity index is 535. The highest BCUT2D eigenvalue weighted by atomic mass is 127. The normalized spacial score (nSPS) is 23.8. The Kier molecular flexibility index (Phi) is 8.03. The van der Waals surface area contributed by atoms with Gasteiger partial charge in [0.15, 0.2) is 5.96 Å². The number of aliphatic imine (C=N–C) groups is 1. The summed E-state index contributed by atoms with van der Waals surface area (Å²) in [6.07, 6.45) is 11.0. The summed E-state index contributed by atoms with van der Waals surface area (Å²) >= 11 is 0. The number of hydrogen-bond acceptors (Lipinski definition) is 2. The highest BCUT2D eigenvalue weighted by Crippen LogP contribution is 2.29. The lowest BCUT2D eigenvalue weighted by molar-refractivity contribution is 0.250. The van der Waals surface area contributed by atoms with Gasteiger partial charge >= 0.3 is 0 Å². The predicted molar refractivity (Wildman–Crippen MR) is 114 cm³/mol. The van der Waals surface area contributed by atoms with Gasteiger partial charge in [-0.25, -0.2) is 4.98 Å². The third kappa shape index (κ3) is 5.59. The Hall–Kier alpha value is -0.790. The quantitative estimate of drug-likeness (QED) is 0.410. The molecule has 1 aliphatic carbocycles. The summed E-state index contributed by atoms with van der Waals surface area (Å²) in [5.41, 5.74) is 1.12. The third-order valence-corrected chi connectivity index (χ3v) is 5.67. The lowest BCUT2D eigenvalue weighted by Gasteiger charge is -2.32. The van der Waals surface area contributed by atoms with Gasteiger partial charge in [-0.2, -0.15) is 0 Å². The van der Waals surface area contributed by atoms with Gasteiger partial charge in [-0.05, 0) is 50.4 Å². The van der Waals surface area contributed by atoms with Crippen LogP contribution in [-0.4, -0.2) is 28.6 Å². The Labute approximate surface area is 169 Å². The van der Waals surface area contributed by atoms with Crippen LogP contribution in [0.25, 0.3) is 0 Å². The molecular formula is C19H34IN5. The van der Waals surface area contributed by atoms with E-state index in [1.165, 1.54) is 44.3 Å². The van der Waals surface area contributed by atoms with Crippen molar-refractivity contribution in [1.82, 2.24) is 20.2 Å². The molecule has 6 heteroatoms. The van der Waals surface area contributed by atoms with Crippen LogP contribution < -0.4 is 10.6 Å². The third-order valence-electron chi connectivity index (χ3n) is 5.67. The molecule has 0 aromatic carbocycles. The van der Waals surface area contributed by atoms with Gasteiger partial charge in [-0.15, -0.1) is 24.0 Å². The van der Waals surface area contributed by atoms with Crippen molar-refractivity contribution in [3.63, 3.8) is 0 Å². The van der Waals surface area contributed by atoms with Crippen molar-refractivity contribution >= 4 is 29.9 Å². The van der Waals surface area contributed by atoms with E-state index in [-0.39, 0.29) is 24.0 Å². The first kappa shape index (κ1) is 20.5. The maximum absolute atomic E-state index is 4.75. The topological polar surface area (TPSA) is 54.2 Å². The van der Waals surface area contributed by atoms with Gasteiger partial charge in [0, 0.05) is 32.3 Å². The Balaban J connectivity index is 0.00000225. The maximum atomic E-state index is 4.75. The number of aryl methyl sites for hydroxylation is 2. The van der Waals surface area contributed by atoms with Crippen molar-refractivity contribution in [2.45, 2.75) is 77.9 Å². The van der Waals surface area contributed by atoms with Crippen LogP contribution in [0.1, 0.15) is 63.9 Å². The monoisotopic (exact) mass is 459 g/mol. The molecule has 5 nitrogen and oxygen atoms in total. The summed E-state index contributed by atoms with van der Waals surface area (Å²) in [5.74, 6) is 3.87. The van der Waals surface area contributed by atoms with Gasteiger partial charge in [0.2, 0.25) is 0 Å². The SMILES string of the molecule is CN=C(NCc1cn2c(n1)CCCC2)NC1CCC(C(C)C)CC1.I.